The summed E-state index contributed by atoms with van der Waals surface area (Å²) in [5.74, 6) is 0.128. The Labute approximate surface area is 126 Å². The molecule has 0 bridgehead atoms. The zero-order valence-corrected chi connectivity index (χ0v) is 13.3. The lowest BCUT2D eigenvalue weighted by Gasteiger charge is -2.26. The van der Waals surface area contributed by atoms with Crippen LogP contribution in [-0.2, 0) is 11.4 Å². The van der Waals surface area contributed by atoms with E-state index in [1.807, 2.05) is 33.8 Å². The van der Waals surface area contributed by atoms with Gasteiger partial charge in [0.15, 0.2) is 11.6 Å². The molecule has 2 aromatic heterocycles. The molecule has 114 valence electrons. The van der Waals surface area contributed by atoms with Gasteiger partial charge in [-0.3, -0.25) is 0 Å². The maximum absolute atomic E-state index is 12.9. The lowest BCUT2D eigenvalue weighted by Crippen LogP contribution is -2.40. The van der Waals surface area contributed by atoms with Gasteiger partial charge in [0.2, 0.25) is 0 Å². The first-order valence-electron chi connectivity index (χ1n) is 6.62. The van der Waals surface area contributed by atoms with Gasteiger partial charge in [-0.1, -0.05) is 6.07 Å². The van der Waals surface area contributed by atoms with E-state index in [4.69, 9.17) is 0 Å². The molecular weight excluding hydrogens is 291 g/mol. The lowest BCUT2D eigenvalue weighted by molar-refractivity contribution is 0.531. The second-order valence-electron chi connectivity index (χ2n) is 5.77. The van der Waals surface area contributed by atoms with E-state index in [0.29, 0.717) is 5.82 Å². The number of pyridine rings is 1. The summed E-state index contributed by atoms with van der Waals surface area (Å²) >= 11 is -1.15. The minimum atomic E-state index is -1.15. The first-order valence-corrected chi connectivity index (χ1v) is 7.77. The Balaban J connectivity index is 2.08. The van der Waals surface area contributed by atoms with Crippen LogP contribution in [0.3, 0.4) is 0 Å². The quantitative estimate of drug-likeness (QED) is 0.881. The fraction of sp³-hybridized carbons (Fsp3) is 0.429. The van der Waals surface area contributed by atoms with Crippen molar-refractivity contribution in [2.75, 3.05) is 0 Å². The number of aromatic nitrogens is 3. The molecule has 0 saturated heterocycles. The predicted octanol–water partition coefficient (Wildman–Crippen LogP) is 2.52. The zero-order chi connectivity index (χ0) is 15.6. The largest absolute Gasteiger partial charge is 0.598 e. The molecule has 0 spiro atoms. The van der Waals surface area contributed by atoms with Gasteiger partial charge in [-0.25, -0.2) is 14.1 Å². The first-order chi connectivity index (χ1) is 9.77. The molecule has 0 saturated carbocycles. The monoisotopic (exact) mass is 310 g/mol. The van der Waals surface area contributed by atoms with E-state index in [1.165, 1.54) is 10.9 Å². The van der Waals surface area contributed by atoms with E-state index >= 15 is 0 Å². The van der Waals surface area contributed by atoms with Crippen LogP contribution in [0.15, 0.2) is 30.7 Å². The van der Waals surface area contributed by atoms with Crippen molar-refractivity contribution in [2.24, 2.45) is 0 Å². The van der Waals surface area contributed by atoms with Gasteiger partial charge in [0, 0.05) is 17.6 Å². The molecule has 7 heteroatoms. The normalized spacial score (nSPS) is 15.0. The maximum atomic E-state index is 12.9. The van der Waals surface area contributed by atoms with Crippen molar-refractivity contribution in [2.45, 2.75) is 38.5 Å². The van der Waals surface area contributed by atoms with Crippen LogP contribution in [0.25, 0.3) is 5.82 Å². The van der Waals surface area contributed by atoms with Crippen molar-refractivity contribution in [1.82, 2.24) is 19.5 Å². The predicted molar refractivity (Wildman–Crippen MR) is 80.8 cm³/mol. The second-order valence-corrected chi connectivity index (χ2v) is 7.77. The Morgan fingerprint density at radius 2 is 2.05 bits per heavy atom. The van der Waals surface area contributed by atoms with Crippen LogP contribution in [0.1, 0.15) is 39.3 Å². The van der Waals surface area contributed by atoms with E-state index in [-0.39, 0.29) is 10.8 Å². The van der Waals surface area contributed by atoms with Crippen molar-refractivity contribution in [1.29, 1.82) is 0 Å². The SMILES string of the molecule is C[C@H](N[S+]([O-])C(C)(C)C)c1ccc(-n2cc(F)cn2)nc1. The molecular formula is C14H19FN4OS. The Morgan fingerprint density at radius 1 is 1.33 bits per heavy atom. The third-order valence-electron chi connectivity index (χ3n) is 2.90. The van der Waals surface area contributed by atoms with Crippen LogP contribution in [0, 0.1) is 5.82 Å². The fourth-order valence-electron chi connectivity index (χ4n) is 1.62. The van der Waals surface area contributed by atoms with E-state index in [0.717, 1.165) is 11.8 Å². The van der Waals surface area contributed by atoms with Crippen molar-refractivity contribution >= 4 is 11.4 Å². The molecule has 0 aromatic carbocycles. The molecule has 0 aliphatic heterocycles. The molecule has 0 radical (unpaired) electrons. The van der Waals surface area contributed by atoms with Crippen molar-refractivity contribution in [3.63, 3.8) is 0 Å². The smallest absolute Gasteiger partial charge is 0.161 e. The maximum Gasteiger partial charge on any atom is 0.161 e. The molecule has 1 unspecified atom stereocenters. The zero-order valence-electron chi connectivity index (χ0n) is 12.5. The molecule has 2 rings (SSSR count). The van der Waals surface area contributed by atoms with Crippen molar-refractivity contribution in [3.8, 4) is 5.82 Å². The van der Waals surface area contributed by atoms with Crippen molar-refractivity contribution in [3.05, 3.63) is 42.1 Å². The Morgan fingerprint density at radius 3 is 2.52 bits per heavy atom. The molecule has 5 nitrogen and oxygen atoms in total. The Hall–Kier alpha value is -1.44. The molecule has 0 aliphatic carbocycles. The molecule has 0 fully saturated rings. The van der Waals surface area contributed by atoms with Gasteiger partial charge in [-0.15, -0.1) is 4.72 Å². The summed E-state index contributed by atoms with van der Waals surface area (Å²) in [6.45, 7) is 7.66. The highest BCUT2D eigenvalue weighted by atomic mass is 32.2. The minimum absolute atomic E-state index is 0.0963. The second kappa shape index (κ2) is 6.13. The van der Waals surface area contributed by atoms with E-state index in [9.17, 15) is 8.94 Å². The highest BCUT2D eigenvalue weighted by Crippen LogP contribution is 2.19. The Bertz CT molecular complexity index is 594. The van der Waals surface area contributed by atoms with E-state index in [1.54, 1.807) is 12.3 Å². The van der Waals surface area contributed by atoms with Gasteiger partial charge in [0.25, 0.3) is 0 Å². The van der Waals surface area contributed by atoms with Gasteiger partial charge in [0.1, 0.15) is 4.75 Å². The molecule has 2 atom stereocenters. The summed E-state index contributed by atoms with van der Waals surface area (Å²) < 4.78 is 29.1. The summed E-state index contributed by atoms with van der Waals surface area (Å²) in [7, 11) is 0. The number of hydrogen-bond acceptors (Lipinski definition) is 4. The molecule has 21 heavy (non-hydrogen) atoms. The van der Waals surface area contributed by atoms with E-state index < -0.39 is 17.2 Å². The van der Waals surface area contributed by atoms with Gasteiger partial charge in [-0.2, -0.15) is 5.10 Å². The summed E-state index contributed by atoms with van der Waals surface area (Å²) in [5, 5.41) is 3.86. The average molecular weight is 310 g/mol. The molecule has 0 amide bonds. The van der Waals surface area contributed by atoms with Crippen LogP contribution >= 0.6 is 0 Å². The summed E-state index contributed by atoms with van der Waals surface area (Å²) in [6, 6.07) is 3.51. The van der Waals surface area contributed by atoms with Gasteiger partial charge in [0.05, 0.1) is 18.4 Å². The van der Waals surface area contributed by atoms with Gasteiger partial charge in [-0.05, 0) is 39.3 Å². The average Bonchev–Trinajstić information content (AvgIpc) is 2.84. The van der Waals surface area contributed by atoms with Gasteiger partial charge >= 0.3 is 0 Å². The van der Waals surface area contributed by atoms with Crippen LogP contribution in [0.5, 0.6) is 0 Å². The first kappa shape index (κ1) is 15.9. The highest BCUT2D eigenvalue weighted by Gasteiger charge is 2.28. The van der Waals surface area contributed by atoms with Crippen molar-refractivity contribution < 1.29 is 8.94 Å². The number of nitrogens with one attached hydrogen (secondary N) is 1. The van der Waals surface area contributed by atoms with E-state index in [2.05, 4.69) is 14.8 Å². The van der Waals surface area contributed by atoms with Gasteiger partial charge < -0.3 is 4.55 Å². The van der Waals surface area contributed by atoms with Crippen LogP contribution < -0.4 is 4.72 Å². The summed E-state index contributed by atoms with van der Waals surface area (Å²) in [4.78, 5) is 4.25. The number of halogens is 1. The topological polar surface area (TPSA) is 65.8 Å². The molecule has 2 heterocycles. The highest BCUT2D eigenvalue weighted by molar-refractivity contribution is 7.90. The number of rotatable bonds is 4. The molecule has 1 N–H and O–H groups in total. The Kier molecular flexibility index (Phi) is 4.65. The standard InChI is InChI=1S/C14H19FN4OS/c1-10(18-21(20)14(2,3)4)11-5-6-13(16-7-11)19-9-12(15)8-17-19/h5-10,18H,1-4H3/t10-,21?/m0/s1. The number of nitrogens with zero attached hydrogens (tertiary/aromatic N) is 3. The summed E-state index contributed by atoms with van der Waals surface area (Å²) in [6.07, 6.45) is 4.07. The minimum Gasteiger partial charge on any atom is -0.598 e. The molecule has 0 aliphatic rings. The summed E-state index contributed by atoms with van der Waals surface area (Å²) in [5.41, 5.74) is 0.906. The number of hydrogen-bond donors (Lipinski definition) is 1. The lowest BCUT2D eigenvalue weighted by atomic mass is 10.1. The van der Waals surface area contributed by atoms with Crippen LogP contribution in [-0.4, -0.2) is 24.1 Å². The third-order valence-corrected chi connectivity index (χ3v) is 4.58. The molecule has 2 aromatic rings. The third kappa shape index (κ3) is 4.03. The van der Waals surface area contributed by atoms with Crippen LogP contribution in [0.4, 0.5) is 4.39 Å². The van der Waals surface area contributed by atoms with Crippen LogP contribution in [0.2, 0.25) is 0 Å². The fourth-order valence-corrected chi connectivity index (χ4v) is 2.43.